The van der Waals surface area contributed by atoms with Gasteiger partial charge in [0.05, 0.1) is 11.9 Å². The fourth-order valence-corrected chi connectivity index (χ4v) is 3.95. The Bertz CT molecular complexity index is 1350. The standard InChI is InChI=1S/C24H20Cl2N4O3/c1-13(2)20(24(32)33)29-23(31)18-12-28-30-21(14-7-9-15(25)10-8-14)17(11-27-22(18)30)16-5-3-4-6-19(16)26/h3-13,20H,1-2H3,(H,29,31)(H,32,33). The number of nitrogens with one attached hydrogen (secondary N) is 1. The number of hydrogen-bond donors (Lipinski definition) is 2. The number of carbonyl (C=O) groups is 2. The van der Waals surface area contributed by atoms with Crippen molar-refractivity contribution < 1.29 is 14.7 Å². The Morgan fingerprint density at radius 3 is 2.33 bits per heavy atom. The Balaban J connectivity index is 1.90. The average molecular weight is 483 g/mol. The third-order valence-electron chi connectivity index (χ3n) is 5.27. The molecule has 9 heteroatoms. The van der Waals surface area contributed by atoms with E-state index in [4.69, 9.17) is 23.2 Å². The van der Waals surface area contributed by atoms with Crippen LogP contribution in [0, 0.1) is 5.92 Å². The molecule has 0 saturated heterocycles. The summed E-state index contributed by atoms with van der Waals surface area (Å²) in [7, 11) is 0. The Morgan fingerprint density at radius 2 is 1.70 bits per heavy atom. The molecular weight excluding hydrogens is 463 g/mol. The molecule has 0 aliphatic heterocycles. The van der Waals surface area contributed by atoms with Crippen molar-refractivity contribution in [2.24, 2.45) is 5.92 Å². The van der Waals surface area contributed by atoms with E-state index >= 15 is 0 Å². The molecule has 4 rings (SSSR count). The highest BCUT2D eigenvalue weighted by molar-refractivity contribution is 6.33. The highest BCUT2D eigenvalue weighted by atomic mass is 35.5. The van der Waals surface area contributed by atoms with E-state index in [9.17, 15) is 14.7 Å². The summed E-state index contributed by atoms with van der Waals surface area (Å²) in [6.45, 7) is 3.45. The highest BCUT2D eigenvalue weighted by Crippen LogP contribution is 2.36. The molecule has 33 heavy (non-hydrogen) atoms. The molecule has 1 atom stereocenters. The Labute approximate surface area is 200 Å². The molecule has 7 nitrogen and oxygen atoms in total. The number of carboxylic acids is 1. The molecule has 0 bridgehead atoms. The van der Waals surface area contributed by atoms with Crippen LogP contribution < -0.4 is 5.32 Å². The van der Waals surface area contributed by atoms with Crippen LogP contribution in [0.1, 0.15) is 24.2 Å². The van der Waals surface area contributed by atoms with Gasteiger partial charge in [-0.05, 0) is 24.1 Å². The lowest BCUT2D eigenvalue weighted by molar-refractivity contribution is -0.140. The number of fused-ring (bicyclic) bond motifs is 1. The minimum Gasteiger partial charge on any atom is -0.480 e. The monoisotopic (exact) mass is 482 g/mol. The predicted octanol–water partition coefficient (Wildman–Crippen LogP) is 5.21. The number of benzene rings is 2. The molecule has 0 aliphatic carbocycles. The number of halogens is 2. The van der Waals surface area contributed by atoms with Gasteiger partial charge in [-0.3, -0.25) is 4.79 Å². The summed E-state index contributed by atoms with van der Waals surface area (Å²) < 4.78 is 1.56. The van der Waals surface area contributed by atoms with Crippen molar-refractivity contribution in [2.75, 3.05) is 0 Å². The van der Waals surface area contributed by atoms with Crippen molar-refractivity contribution in [1.29, 1.82) is 0 Å². The molecule has 0 aliphatic rings. The lowest BCUT2D eigenvalue weighted by Crippen LogP contribution is -2.44. The molecule has 2 heterocycles. The number of aliphatic carboxylic acids is 1. The van der Waals surface area contributed by atoms with Crippen LogP contribution in [-0.4, -0.2) is 37.6 Å². The normalized spacial score (nSPS) is 12.2. The zero-order chi connectivity index (χ0) is 23.7. The van der Waals surface area contributed by atoms with Gasteiger partial charge in [-0.15, -0.1) is 0 Å². The molecule has 0 spiro atoms. The van der Waals surface area contributed by atoms with E-state index in [1.807, 2.05) is 30.3 Å². The third kappa shape index (κ3) is 4.42. The summed E-state index contributed by atoms with van der Waals surface area (Å²) in [5, 5.41) is 17.5. The second-order valence-corrected chi connectivity index (χ2v) is 8.68. The van der Waals surface area contributed by atoms with Gasteiger partial charge in [-0.25, -0.2) is 14.3 Å². The fourth-order valence-electron chi connectivity index (χ4n) is 3.59. The van der Waals surface area contributed by atoms with Crippen LogP contribution in [-0.2, 0) is 4.79 Å². The first-order valence-electron chi connectivity index (χ1n) is 10.2. The smallest absolute Gasteiger partial charge is 0.326 e. The molecule has 168 valence electrons. The van der Waals surface area contributed by atoms with Crippen LogP contribution in [0.3, 0.4) is 0 Å². The number of amides is 1. The van der Waals surface area contributed by atoms with Crippen LogP contribution in [0.4, 0.5) is 0 Å². The van der Waals surface area contributed by atoms with Gasteiger partial charge in [0.15, 0.2) is 5.65 Å². The molecule has 0 radical (unpaired) electrons. The van der Waals surface area contributed by atoms with Crippen molar-refractivity contribution in [3.63, 3.8) is 0 Å². The SMILES string of the molecule is CC(C)C(NC(=O)c1cnn2c(-c3ccc(Cl)cc3)c(-c3ccccc3Cl)cnc12)C(=O)O. The lowest BCUT2D eigenvalue weighted by Gasteiger charge is -2.17. The maximum Gasteiger partial charge on any atom is 0.326 e. The van der Waals surface area contributed by atoms with E-state index in [-0.39, 0.29) is 11.5 Å². The highest BCUT2D eigenvalue weighted by Gasteiger charge is 2.27. The van der Waals surface area contributed by atoms with Crippen molar-refractivity contribution in [3.8, 4) is 22.4 Å². The largest absolute Gasteiger partial charge is 0.480 e. The van der Waals surface area contributed by atoms with Gasteiger partial charge in [-0.2, -0.15) is 5.10 Å². The van der Waals surface area contributed by atoms with Crippen LogP contribution in [0.15, 0.2) is 60.9 Å². The number of aromatic nitrogens is 3. The summed E-state index contributed by atoms with van der Waals surface area (Å²) in [5.74, 6) is -1.96. The van der Waals surface area contributed by atoms with Crippen LogP contribution in [0.5, 0.6) is 0 Å². The van der Waals surface area contributed by atoms with Crippen molar-refractivity contribution >= 4 is 40.7 Å². The van der Waals surface area contributed by atoms with E-state index in [0.29, 0.717) is 21.4 Å². The van der Waals surface area contributed by atoms with E-state index in [1.165, 1.54) is 6.20 Å². The van der Waals surface area contributed by atoms with Gasteiger partial charge >= 0.3 is 5.97 Å². The minimum atomic E-state index is -1.11. The summed E-state index contributed by atoms with van der Waals surface area (Å²) in [6, 6.07) is 13.5. The van der Waals surface area contributed by atoms with Gasteiger partial charge in [0.25, 0.3) is 5.91 Å². The molecule has 2 aromatic carbocycles. The summed E-state index contributed by atoms with van der Waals surface area (Å²) in [5.41, 5.74) is 3.40. The van der Waals surface area contributed by atoms with Crippen LogP contribution in [0.2, 0.25) is 10.0 Å². The second kappa shape index (κ2) is 9.21. The van der Waals surface area contributed by atoms with Crippen molar-refractivity contribution in [2.45, 2.75) is 19.9 Å². The minimum absolute atomic E-state index is 0.169. The molecule has 1 amide bonds. The van der Waals surface area contributed by atoms with Gasteiger partial charge in [0.2, 0.25) is 0 Å². The summed E-state index contributed by atoms with van der Waals surface area (Å²) in [6.07, 6.45) is 3.02. The molecular formula is C24H20Cl2N4O3. The van der Waals surface area contributed by atoms with Gasteiger partial charge in [0, 0.05) is 32.9 Å². The molecule has 1 unspecified atom stereocenters. The maximum atomic E-state index is 12.9. The summed E-state index contributed by atoms with van der Waals surface area (Å²) in [4.78, 5) is 29.0. The predicted molar refractivity (Wildman–Crippen MR) is 128 cm³/mol. The van der Waals surface area contributed by atoms with E-state index < -0.39 is 17.9 Å². The zero-order valence-corrected chi connectivity index (χ0v) is 19.3. The number of hydrogen-bond acceptors (Lipinski definition) is 4. The van der Waals surface area contributed by atoms with Crippen LogP contribution in [0.25, 0.3) is 28.0 Å². The number of rotatable bonds is 6. The first-order valence-corrected chi connectivity index (χ1v) is 10.9. The molecule has 4 aromatic rings. The Kier molecular flexibility index (Phi) is 6.35. The van der Waals surface area contributed by atoms with Crippen molar-refractivity contribution in [3.05, 3.63) is 76.5 Å². The number of carboxylic acid groups (broad SMARTS) is 1. The van der Waals surface area contributed by atoms with E-state index in [2.05, 4.69) is 15.4 Å². The topological polar surface area (TPSA) is 96.6 Å². The molecule has 0 fully saturated rings. The average Bonchev–Trinajstić information content (AvgIpc) is 3.21. The first-order chi connectivity index (χ1) is 15.8. The number of nitrogens with zero attached hydrogens (tertiary/aromatic N) is 3. The lowest BCUT2D eigenvalue weighted by atomic mass is 10.0. The second-order valence-electron chi connectivity index (χ2n) is 7.83. The Morgan fingerprint density at radius 1 is 1.00 bits per heavy atom. The molecule has 0 saturated carbocycles. The van der Waals surface area contributed by atoms with Crippen molar-refractivity contribution in [1.82, 2.24) is 19.9 Å². The fraction of sp³-hybridized carbons (Fsp3) is 0.167. The van der Waals surface area contributed by atoms with Gasteiger partial charge < -0.3 is 10.4 Å². The van der Waals surface area contributed by atoms with E-state index in [0.717, 1.165) is 16.7 Å². The molecule has 2 N–H and O–H groups in total. The Hall–Kier alpha value is -3.42. The quantitative estimate of drug-likeness (QED) is 0.393. The van der Waals surface area contributed by atoms with Crippen LogP contribution >= 0.6 is 23.2 Å². The summed E-state index contributed by atoms with van der Waals surface area (Å²) >= 11 is 12.6. The third-order valence-corrected chi connectivity index (χ3v) is 5.85. The molecule has 2 aromatic heterocycles. The first kappa shape index (κ1) is 22.8. The van der Waals surface area contributed by atoms with E-state index in [1.54, 1.807) is 42.8 Å². The maximum absolute atomic E-state index is 12.9. The number of carbonyl (C=O) groups excluding carboxylic acids is 1. The zero-order valence-electron chi connectivity index (χ0n) is 17.8. The van der Waals surface area contributed by atoms with Gasteiger partial charge in [0.1, 0.15) is 11.6 Å². The van der Waals surface area contributed by atoms with Gasteiger partial charge in [-0.1, -0.05) is 67.4 Å².